The van der Waals surface area contributed by atoms with Gasteiger partial charge in [0.05, 0.1) is 11.9 Å². The van der Waals surface area contributed by atoms with Gasteiger partial charge in [0.2, 0.25) is 0 Å². The van der Waals surface area contributed by atoms with E-state index in [0.29, 0.717) is 13.2 Å². The first kappa shape index (κ1) is 16.6. The maximum Gasteiger partial charge on any atom is 0.324 e. The van der Waals surface area contributed by atoms with Crippen LogP contribution in [-0.2, 0) is 16.1 Å². The molecule has 2 atom stereocenters. The normalized spacial score (nSPS) is 13.4. The summed E-state index contributed by atoms with van der Waals surface area (Å²) in [6.45, 7) is 2.76. The molecule has 1 unspecified atom stereocenters. The predicted molar refractivity (Wildman–Crippen MR) is 91.9 cm³/mol. The number of thiol groups is 1. The van der Waals surface area contributed by atoms with Gasteiger partial charge in [-0.1, -0.05) is 60.7 Å². The van der Waals surface area contributed by atoms with Crippen molar-refractivity contribution in [1.29, 1.82) is 0 Å². The second-order valence-corrected chi connectivity index (χ2v) is 5.51. The van der Waals surface area contributed by atoms with E-state index < -0.39 is 6.04 Å². The van der Waals surface area contributed by atoms with Crippen molar-refractivity contribution >= 4 is 18.6 Å². The van der Waals surface area contributed by atoms with Crippen LogP contribution < -0.4 is 5.32 Å². The molecule has 0 spiro atoms. The molecule has 0 heterocycles. The van der Waals surface area contributed by atoms with Crippen molar-refractivity contribution < 1.29 is 9.53 Å². The van der Waals surface area contributed by atoms with Gasteiger partial charge in [0, 0.05) is 6.54 Å². The smallest absolute Gasteiger partial charge is 0.324 e. The molecule has 0 aliphatic rings. The monoisotopic (exact) mass is 315 g/mol. The minimum atomic E-state index is -0.495. The van der Waals surface area contributed by atoms with Gasteiger partial charge in [-0.25, -0.2) is 0 Å². The lowest BCUT2D eigenvalue weighted by Gasteiger charge is -2.23. The number of ether oxygens (including phenoxy) is 1. The van der Waals surface area contributed by atoms with Gasteiger partial charge in [-0.3, -0.25) is 10.1 Å². The van der Waals surface area contributed by atoms with Gasteiger partial charge in [0.25, 0.3) is 0 Å². The lowest BCUT2D eigenvalue weighted by Crippen LogP contribution is -2.41. The summed E-state index contributed by atoms with van der Waals surface area (Å²) >= 11 is 4.63. The maximum atomic E-state index is 12.2. The highest BCUT2D eigenvalue weighted by molar-refractivity contribution is 7.80. The van der Waals surface area contributed by atoms with E-state index in [0.717, 1.165) is 11.1 Å². The second kappa shape index (κ2) is 8.61. The fourth-order valence-electron chi connectivity index (χ4n) is 2.22. The van der Waals surface area contributed by atoms with Crippen LogP contribution in [0.4, 0.5) is 0 Å². The summed E-state index contributed by atoms with van der Waals surface area (Å²) in [5, 5.41) is 3.01. The van der Waals surface area contributed by atoms with Crippen LogP contribution in [0, 0.1) is 0 Å². The Hall–Kier alpha value is -1.78. The molecule has 2 rings (SSSR count). The molecule has 0 saturated heterocycles. The van der Waals surface area contributed by atoms with Gasteiger partial charge >= 0.3 is 5.97 Å². The van der Waals surface area contributed by atoms with Crippen LogP contribution in [0.2, 0.25) is 0 Å². The fraction of sp³-hybridized carbons (Fsp3) is 0.278. The van der Waals surface area contributed by atoms with Crippen molar-refractivity contribution in [3.8, 4) is 0 Å². The molecule has 0 aromatic heterocycles. The minimum Gasteiger partial charge on any atom is -0.465 e. The lowest BCUT2D eigenvalue weighted by atomic mass is 10.0. The minimum absolute atomic E-state index is 0.260. The van der Waals surface area contributed by atoms with E-state index in [1.54, 1.807) is 0 Å². The van der Waals surface area contributed by atoms with Crippen LogP contribution in [0.5, 0.6) is 0 Å². The first-order chi connectivity index (χ1) is 10.7. The Kier molecular flexibility index (Phi) is 6.49. The molecule has 1 N–H and O–H groups in total. The Balaban J connectivity index is 2.10. The Labute approximate surface area is 137 Å². The highest BCUT2D eigenvalue weighted by Gasteiger charge is 2.27. The standard InChI is InChI=1S/C18H21NO2S/c1-2-21-18(20)16(17(22)15-11-7-4-8-12-15)19-13-14-9-5-3-6-10-14/h3-12,16-17,19,22H,2,13H2,1H3/t16-,17?/m0/s1. The Bertz CT molecular complexity index is 574. The number of carbonyl (C=O) groups is 1. The van der Waals surface area contributed by atoms with Crippen molar-refractivity contribution in [2.75, 3.05) is 6.61 Å². The van der Waals surface area contributed by atoms with Gasteiger partial charge < -0.3 is 4.74 Å². The largest absolute Gasteiger partial charge is 0.465 e. The van der Waals surface area contributed by atoms with E-state index in [1.807, 2.05) is 67.6 Å². The molecule has 22 heavy (non-hydrogen) atoms. The summed E-state index contributed by atoms with van der Waals surface area (Å²) < 4.78 is 5.18. The molecular weight excluding hydrogens is 294 g/mol. The molecule has 0 aliphatic carbocycles. The first-order valence-electron chi connectivity index (χ1n) is 7.39. The van der Waals surface area contributed by atoms with Crippen LogP contribution in [0.1, 0.15) is 23.3 Å². The van der Waals surface area contributed by atoms with E-state index in [1.165, 1.54) is 0 Å². The SMILES string of the molecule is CCOC(=O)[C@@H](NCc1ccccc1)C(S)c1ccccc1. The number of nitrogens with one attached hydrogen (secondary N) is 1. The summed E-state index contributed by atoms with van der Waals surface area (Å²) in [5.74, 6) is -0.276. The van der Waals surface area contributed by atoms with Crippen LogP contribution >= 0.6 is 12.6 Å². The molecule has 3 nitrogen and oxygen atoms in total. The number of carbonyl (C=O) groups excluding carboxylic acids is 1. The third-order valence-electron chi connectivity index (χ3n) is 3.37. The van der Waals surface area contributed by atoms with Crippen LogP contribution in [0.25, 0.3) is 0 Å². The summed E-state index contributed by atoms with van der Waals surface area (Å²) in [5.41, 5.74) is 2.11. The molecule has 116 valence electrons. The van der Waals surface area contributed by atoms with Crippen molar-refractivity contribution in [2.45, 2.75) is 24.8 Å². The Morgan fingerprint density at radius 2 is 1.68 bits per heavy atom. The predicted octanol–water partition coefficient (Wildman–Crippen LogP) is 3.38. The van der Waals surface area contributed by atoms with E-state index in [-0.39, 0.29) is 11.2 Å². The maximum absolute atomic E-state index is 12.2. The Morgan fingerprint density at radius 1 is 1.09 bits per heavy atom. The molecule has 0 bridgehead atoms. The van der Waals surface area contributed by atoms with Gasteiger partial charge in [0.1, 0.15) is 6.04 Å². The molecule has 2 aromatic carbocycles. The molecule has 2 aromatic rings. The lowest BCUT2D eigenvalue weighted by molar-refractivity contribution is -0.145. The first-order valence-corrected chi connectivity index (χ1v) is 7.91. The third kappa shape index (κ3) is 4.61. The quantitative estimate of drug-likeness (QED) is 0.608. The van der Waals surface area contributed by atoms with Crippen molar-refractivity contribution in [3.05, 3.63) is 71.8 Å². The summed E-state index contributed by atoms with van der Waals surface area (Å²) in [6.07, 6.45) is 0. The molecule has 0 radical (unpaired) electrons. The number of esters is 1. The molecule has 0 saturated carbocycles. The van der Waals surface area contributed by atoms with E-state index >= 15 is 0 Å². The molecule has 0 fully saturated rings. The Morgan fingerprint density at radius 3 is 2.27 bits per heavy atom. The third-order valence-corrected chi connectivity index (χ3v) is 3.96. The molecular formula is C18H21NO2S. The topological polar surface area (TPSA) is 38.3 Å². The second-order valence-electron chi connectivity index (χ2n) is 4.95. The zero-order chi connectivity index (χ0) is 15.8. The van der Waals surface area contributed by atoms with Gasteiger partial charge in [-0.15, -0.1) is 0 Å². The highest BCUT2D eigenvalue weighted by atomic mass is 32.1. The van der Waals surface area contributed by atoms with Crippen LogP contribution in [0.3, 0.4) is 0 Å². The van der Waals surface area contributed by atoms with Crippen molar-refractivity contribution in [3.63, 3.8) is 0 Å². The van der Waals surface area contributed by atoms with E-state index in [9.17, 15) is 4.79 Å². The van der Waals surface area contributed by atoms with Crippen LogP contribution in [-0.4, -0.2) is 18.6 Å². The summed E-state index contributed by atoms with van der Waals surface area (Å²) in [4.78, 5) is 12.2. The molecule has 0 aliphatic heterocycles. The zero-order valence-electron chi connectivity index (χ0n) is 12.6. The number of hydrogen-bond donors (Lipinski definition) is 2. The van der Waals surface area contributed by atoms with Gasteiger partial charge in [-0.05, 0) is 18.1 Å². The average Bonchev–Trinajstić information content (AvgIpc) is 2.57. The highest BCUT2D eigenvalue weighted by Crippen LogP contribution is 2.24. The summed E-state index contributed by atoms with van der Waals surface area (Å²) in [6, 6.07) is 19.2. The number of rotatable bonds is 7. The number of benzene rings is 2. The van der Waals surface area contributed by atoms with Crippen LogP contribution in [0.15, 0.2) is 60.7 Å². The summed E-state index contributed by atoms with van der Waals surface area (Å²) in [7, 11) is 0. The molecule has 4 heteroatoms. The van der Waals surface area contributed by atoms with E-state index in [4.69, 9.17) is 4.74 Å². The van der Waals surface area contributed by atoms with Crippen molar-refractivity contribution in [2.24, 2.45) is 0 Å². The fourth-order valence-corrected chi connectivity index (χ4v) is 2.62. The molecule has 0 amide bonds. The number of hydrogen-bond acceptors (Lipinski definition) is 4. The zero-order valence-corrected chi connectivity index (χ0v) is 13.5. The van der Waals surface area contributed by atoms with Gasteiger partial charge in [-0.2, -0.15) is 12.6 Å². The average molecular weight is 315 g/mol. The van der Waals surface area contributed by atoms with Crippen molar-refractivity contribution in [1.82, 2.24) is 5.32 Å². The van der Waals surface area contributed by atoms with E-state index in [2.05, 4.69) is 17.9 Å². The van der Waals surface area contributed by atoms with Gasteiger partial charge in [0.15, 0.2) is 0 Å².